The van der Waals surface area contributed by atoms with Gasteiger partial charge in [0, 0.05) is 23.8 Å². The molecule has 5 nitrogen and oxygen atoms in total. The Morgan fingerprint density at radius 1 is 1.40 bits per heavy atom. The highest BCUT2D eigenvalue weighted by Gasteiger charge is 2.41. The summed E-state index contributed by atoms with van der Waals surface area (Å²) in [6.45, 7) is 2.64. The molecule has 2 N–H and O–H groups in total. The van der Waals surface area contributed by atoms with Crippen LogP contribution in [0.5, 0.6) is 0 Å². The lowest BCUT2D eigenvalue weighted by Crippen LogP contribution is -2.51. The summed E-state index contributed by atoms with van der Waals surface area (Å²) in [5.74, 6) is 0.243. The van der Waals surface area contributed by atoms with E-state index < -0.39 is 0 Å². The molecule has 0 spiro atoms. The van der Waals surface area contributed by atoms with Crippen molar-refractivity contribution in [3.05, 3.63) is 0 Å². The Balaban J connectivity index is 1.92. The van der Waals surface area contributed by atoms with Gasteiger partial charge >= 0.3 is 0 Å². The van der Waals surface area contributed by atoms with Crippen LogP contribution >= 0.6 is 11.8 Å². The number of nitrogens with one attached hydrogen (secondary N) is 1. The molecule has 0 aromatic heterocycles. The number of aliphatic hydroxyl groups excluding tert-OH is 1. The summed E-state index contributed by atoms with van der Waals surface area (Å²) in [5, 5.41) is 12.2. The molecule has 2 rings (SSSR count). The number of rotatable bonds is 6. The van der Waals surface area contributed by atoms with Gasteiger partial charge in [-0.15, -0.1) is 0 Å². The van der Waals surface area contributed by atoms with Gasteiger partial charge in [0.2, 0.25) is 11.8 Å². The van der Waals surface area contributed by atoms with Gasteiger partial charge < -0.3 is 15.3 Å². The van der Waals surface area contributed by atoms with Crippen LogP contribution < -0.4 is 5.32 Å². The van der Waals surface area contributed by atoms with Gasteiger partial charge in [-0.1, -0.05) is 0 Å². The van der Waals surface area contributed by atoms with Crippen LogP contribution in [-0.4, -0.2) is 58.6 Å². The molecular weight excluding hydrogens is 276 g/mol. The molecule has 1 heterocycles. The van der Waals surface area contributed by atoms with E-state index in [1.165, 1.54) is 11.8 Å². The van der Waals surface area contributed by atoms with Gasteiger partial charge in [0.1, 0.15) is 6.04 Å². The van der Waals surface area contributed by atoms with Gasteiger partial charge in [-0.05, 0) is 38.9 Å². The highest BCUT2D eigenvalue weighted by molar-refractivity contribution is 7.99. The first-order chi connectivity index (χ1) is 9.58. The molecule has 2 fully saturated rings. The minimum absolute atomic E-state index is 0.00654. The molecule has 0 bridgehead atoms. The first kappa shape index (κ1) is 15.6. The summed E-state index contributed by atoms with van der Waals surface area (Å²) in [4.78, 5) is 26.3. The molecule has 6 heteroatoms. The van der Waals surface area contributed by atoms with Crippen molar-refractivity contribution >= 4 is 23.6 Å². The number of hydrogen-bond donors (Lipinski definition) is 2. The van der Waals surface area contributed by atoms with Gasteiger partial charge in [0.15, 0.2) is 0 Å². The Labute approximate surface area is 124 Å². The average molecular weight is 300 g/mol. The average Bonchev–Trinajstić information content (AvgIpc) is 3.16. The molecule has 2 aliphatic rings. The topological polar surface area (TPSA) is 69.6 Å². The standard InChI is InChI=1S/C14H24N2O3S/c1-9(12(8-17)20-2)15-13(18)11-4-3-7-16(11)14(19)10-5-6-10/h9-12,17H,3-8H2,1-2H3,(H,15,18). The molecule has 20 heavy (non-hydrogen) atoms. The first-order valence-corrected chi connectivity index (χ1v) is 8.61. The number of likely N-dealkylation sites (tertiary alicyclic amines) is 1. The van der Waals surface area contributed by atoms with Crippen LogP contribution in [0.3, 0.4) is 0 Å². The molecule has 3 atom stereocenters. The van der Waals surface area contributed by atoms with Crippen molar-refractivity contribution in [3.8, 4) is 0 Å². The fraction of sp³-hybridized carbons (Fsp3) is 0.857. The van der Waals surface area contributed by atoms with Gasteiger partial charge in [-0.25, -0.2) is 0 Å². The lowest BCUT2D eigenvalue weighted by atomic mass is 10.1. The number of carbonyl (C=O) groups is 2. The van der Waals surface area contributed by atoms with Crippen LogP contribution in [0.1, 0.15) is 32.6 Å². The molecule has 1 saturated heterocycles. The smallest absolute Gasteiger partial charge is 0.243 e. The summed E-state index contributed by atoms with van der Waals surface area (Å²) >= 11 is 1.54. The molecule has 1 saturated carbocycles. The van der Waals surface area contributed by atoms with Crippen molar-refractivity contribution < 1.29 is 14.7 Å². The number of thioether (sulfide) groups is 1. The molecule has 114 valence electrons. The fourth-order valence-corrected chi connectivity index (χ4v) is 3.34. The molecule has 0 aromatic rings. The SMILES string of the molecule is CSC(CO)C(C)NC(=O)C1CCCN1C(=O)C1CC1. The van der Waals surface area contributed by atoms with Crippen LogP contribution in [0.4, 0.5) is 0 Å². The summed E-state index contributed by atoms with van der Waals surface area (Å²) < 4.78 is 0. The number of nitrogens with zero attached hydrogens (tertiary/aromatic N) is 1. The second kappa shape index (κ2) is 6.80. The number of aliphatic hydroxyl groups is 1. The minimum Gasteiger partial charge on any atom is -0.395 e. The van der Waals surface area contributed by atoms with Crippen LogP contribution in [0.15, 0.2) is 0 Å². The Morgan fingerprint density at radius 2 is 2.10 bits per heavy atom. The number of carbonyl (C=O) groups excluding carboxylic acids is 2. The Bertz CT molecular complexity index is 369. The summed E-state index contributed by atoms with van der Waals surface area (Å²) in [5.41, 5.74) is 0. The highest BCUT2D eigenvalue weighted by atomic mass is 32.2. The van der Waals surface area contributed by atoms with Crippen molar-refractivity contribution in [2.75, 3.05) is 19.4 Å². The zero-order valence-corrected chi connectivity index (χ0v) is 13.0. The molecule has 3 unspecified atom stereocenters. The molecule has 2 amide bonds. The fourth-order valence-electron chi connectivity index (χ4n) is 2.72. The van der Waals surface area contributed by atoms with Gasteiger partial charge in [-0.2, -0.15) is 11.8 Å². The summed E-state index contributed by atoms with van der Waals surface area (Å²) in [7, 11) is 0. The third-order valence-corrected chi connectivity index (χ3v) is 5.34. The number of amides is 2. The maximum absolute atomic E-state index is 12.4. The quantitative estimate of drug-likeness (QED) is 0.754. The highest BCUT2D eigenvalue weighted by Crippen LogP contribution is 2.33. The van der Waals surface area contributed by atoms with Crippen LogP contribution in [0, 0.1) is 5.92 Å². The number of hydrogen-bond acceptors (Lipinski definition) is 4. The van der Waals surface area contributed by atoms with Crippen molar-refractivity contribution in [1.29, 1.82) is 0 Å². The van der Waals surface area contributed by atoms with Crippen LogP contribution in [0.25, 0.3) is 0 Å². The Kier molecular flexibility index (Phi) is 5.32. The Hall–Kier alpha value is -0.750. The monoisotopic (exact) mass is 300 g/mol. The largest absolute Gasteiger partial charge is 0.395 e. The third-order valence-electron chi connectivity index (χ3n) is 4.18. The molecule has 1 aliphatic heterocycles. The zero-order valence-electron chi connectivity index (χ0n) is 12.2. The van der Waals surface area contributed by atoms with Crippen molar-refractivity contribution in [3.63, 3.8) is 0 Å². The van der Waals surface area contributed by atoms with Crippen molar-refractivity contribution in [2.45, 2.75) is 49.9 Å². The lowest BCUT2D eigenvalue weighted by Gasteiger charge is -2.27. The van der Waals surface area contributed by atoms with E-state index >= 15 is 0 Å². The van der Waals surface area contributed by atoms with Crippen LogP contribution in [0.2, 0.25) is 0 Å². The maximum atomic E-state index is 12.4. The van der Waals surface area contributed by atoms with Crippen molar-refractivity contribution in [1.82, 2.24) is 10.2 Å². The lowest BCUT2D eigenvalue weighted by molar-refractivity contribution is -0.139. The predicted molar refractivity (Wildman–Crippen MR) is 79.5 cm³/mol. The molecule has 0 radical (unpaired) electrons. The maximum Gasteiger partial charge on any atom is 0.243 e. The first-order valence-electron chi connectivity index (χ1n) is 7.33. The van der Waals surface area contributed by atoms with E-state index in [0.29, 0.717) is 6.54 Å². The minimum atomic E-state index is -0.313. The van der Waals surface area contributed by atoms with E-state index in [1.807, 2.05) is 13.2 Å². The third kappa shape index (κ3) is 3.47. The van der Waals surface area contributed by atoms with E-state index in [2.05, 4.69) is 5.32 Å². The molecule has 0 aromatic carbocycles. The molecular formula is C14H24N2O3S. The van der Waals surface area contributed by atoms with Gasteiger partial charge in [0.25, 0.3) is 0 Å². The Morgan fingerprint density at radius 3 is 2.65 bits per heavy atom. The van der Waals surface area contributed by atoms with E-state index in [1.54, 1.807) is 4.90 Å². The zero-order chi connectivity index (χ0) is 14.7. The normalized spacial score (nSPS) is 25.4. The molecule has 1 aliphatic carbocycles. The van der Waals surface area contributed by atoms with Gasteiger partial charge in [-0.3, -0.25) is 9.59 Å². The van der Waals surface area contributed by atoms with Crippen molar-refractivity contribution in [2.24, 2.45) is 5.92 Å². The van der Waals surface area contributed by atoms with E-state index in [4.69, 9.17) is 0 Å². The van der Waals surface area contributed by atoms with E-state index in [-0.39, 0.29) is 41.7 Å². The second-order valence-corrected chi connectivity index (χ2v) is 6.79. The van der Waals surface area contributed by atoms with Gasteiger partial charge in [0.05, 0.1) is 6.61 Å². The summed E-state index contributed by atoms with van der Waals surface area (Å²) in [6.07, 6.45) is 5.51. The van der Waals surface area contributed by atoms with E-state index in [9.17, 15) is 14.7 Å². The van der Waals surface area contributed by atoms with Crippen LogP contribution in [-0.2, 0) is 9.59 Å². The predicted octanol–water partition coefficient (Wildman–Crippen LogP) is 0.616. The second-order valence-electron chi connectivity index (χ2n) is 5.72. The summed E-state index contributed by atoms with van der Waals surface area (Å²) in [6, 6.07) is -0.410. The van der Waals surface area contributed by atoms with E-state index in [0.717, 1.165) is 25.7 Å².